The normalized spacial score (nSPS) is 11.9. The van der Waals surface area contributed by atoms with Crippen LogP contribution in [0, 0.1) is 6.92 Å². The summed E-state index contributed by atoms with van der Waals surface area (Å²) < 4.78 is 5.53. The number of para-hydroxylation sites is 1. The van der Waals surface area contributed by atoms with Crippen molar-refractivity contribution in [2.45, 2.75) is 26.0 Å². The van der Waals surface area contributed by atoms with Gasteiger partial charge in [0.25, 0.3) is 5.91 Å². The summed E-state index contributed by atoms with van der Waals surface area (Å²) in [6.07, 6.45) is 0.202. The average molecular weight is 480 g/mol. The Bertz CT molecular complexity index is 1540. The highest BCUT2D eigenvalue weighted by Gasteiger charge is 2.25. The number of ether oxygens (including phenoxy) is 1. The van der Waals surface area contributed by atoms with Gasteiger partial charge in [0.15, 0.2) is 0 Å². The van der Waals surface area contributed by atoms with Crippen LogP contribution in [0.25, 0.3) is 21.8 Å². The predicted molar refractivity (Wildman–Crippen MR) is 138 cm³/mol. The van der Waals surface area contributed by atoms with Crippen LogP contribution >= 0.6 is 0 Å². The molecule has 0 aliphatic rings. The number of rotatable bonds is 7. The number of aromatic hydroxyl groups is 1. The summed E-state index contributed by atoms with van der Waals surface area (Å²) >= 11 is 0. The monoisotopic (exact) mass is 479 g/mol. The largest absolute Gasteiger partial charge is 0.508 e. The summed E-state index contributed by atoms with van der Waals surface area (Å²) in [5.41, 5.74) is 4.36. The Hall–Kier alpha value is -4.65. The third-order valence-corrected chi connectivity index (χ3v) is 6.10. The van der Waals surface area contributed by atoms with Gasteiger partial charge in [0.05, 0.1) is 11.2 Å². The van der Waals surface area contributed by atoms with Crippen LogP contribution in [-0.4, -0.2) is 33.0 Å². The molecule has 7 nitrogen and oxygen atoms in total. The maximum absolute atomic E-state index is 13.3. The van der Waals surface area contributed by atoms with Gasteiger partial charge in [0.1, 0.15) is 24.1 Å². The fourth-order valence-corrected chi connectivity index (χ4v) is 4.24. The molecule has 3 aromatic carbocycles. The SMILES string of the molecule is Cc1nc(C(=O)N[C@@H](Cc2ccc(O)cc2)C(=O)OCc2ccccc2)cc2c1[nH]c1ccccc12. The molecule has 0 fully saturated rings. The topological polar surface area (TPSA) is 104 Å². The number of carbonyl (C=O) groups excluding carboxylic acids is 2. The molecule has 0 spiro atoms. The van der Waals surface area contributed by atoms with Crippen LogP contribution in [0.2, 0.25) is 0 Å². The van der Waals surface area contributed by atoms with E-state index in [1.54, 1.807) is 30.3 Å². The molecule has 0 saturated carbocycles. The molecule has 0 aliphatic carbocycles. The molecule has 1 atom stereocenters. The van der Waals surface area contributed by atoms with E-state index < -0.39 is 17.9 Å². The summed E-state index contributed by atoms with van der Waals surface area (Å²) in [6.45, 7) is 1.94. The van der Waals surface area contributed by atoms with E-state index in [-0.39, 0.29) is 24.5 Å². The molecule has 5 aromatic rings. The fraction of sp³-hybridized carbons (Fsp3) is 0.138. The van der Waals surface area contributed by atoms with Gasteiger partial charge in [-0.3, -0.25) is 4.79 Å². The number of phenolic OH excluding ortho intramolecular Hbond substituents is 1. The number of H-pyrrole nitrogens is 1. The number of amides is 1. The zero-order valence-electron chi connectivity index (χ0n) is 19.7. The molecular formula is C29H25N3O4. The van der Waals surface area contributed by atoms with Crippen LogP contribution in [0.15, 0.2) is 84.9 Å². The number of aromatic amines is 1. The molecule has 0 bridgehead atoms. The molecule has 0 aliphatic heterocycles. The zero-order chi connectivity index (χ0) is 25.1. The van der Waals surface area contributed by atoms with E-state index in [9.17, 15) is 14.7 Å². The minimum atomic E-state index is -0.938. The van der Waals surface area contributed by atoms with E-state index in [0.29, 0.717) is 5.69 Å². The number of benzene rings is 3. The highest BCUT2D eigenvalue weighted by Crippen LogP contribution is 2.27. The summed E-state index contributed by atoms with van der Waals surface area (Å²) in [5, 5.41) is 14.3. The highest BCUT2D eigenvalue weighted by atomic mass is 16.5. The number of fused-ring (bicyclic) bond motifs is 3. The first-order chi connectivity index (χ1) is 17.5. The quantitative estimate of drug-likeness (QED) is 0.291. The molecule has 2 aromatic heterocycles. The molecule has 5 rings (SSSR count). The predicted octanol–water partition coefficient (Wildman–Crippen LogP) is 4.81. The second-order valence-corrected chi connectivity index (χ2v) is 8.68. The van der Waals surface area contributed by atoms with Crippen molar-refractivity contribution in [3.8, 4) is 5.75 Å². The molecule has 36 heavy (non-hydrogen) atoms. The molecule has 2 heterocycles. The van der Waals surface area contributed by atoms with Gasteiger partial charge in [-0.1, -0.05) is 60.7 Å². The molecule has 7 heteroatoms. The molecule has 180 valence electrons. The van der Waals surface area contributed by atoms with Gasteiger partial charge in [0, 0.05) is 22.7 Å². The van der Waals surface area contributed by atoms with Crippen LogP contribution in [-0.2, 0) is 22.6 Å². The highest BCUT2D eigenvalue weighted by molar-refractivity contribution is 6.10. The van der Waals surface area contributed by atoms with Crippen molar-refractivity contribution in [2.24, 2.45) is 0 Å². The van der Waals surface area contributed by atoms with Gasteiger partial charge < -0.3 is 20.1 Å². The smallest absolute Gasteiger partial charge is 0.329 e. The second kappa shape index (κ2) is 9.92. The van der Waals surface area contributed by atoms with Crippen molar-refractivity contribution in [3.05, 3.63) is 107 Å². The molecule has 0 unspecified atom stereocenters. The van der Waals surface area contributed by atoms with Crippen molar-refractivity contribution >= 4 is 33.7 Å². The van der Waals surface area contributed by atoms with Crippen LogP contribution in [0.5, 0.6) is 5.75 Å². The van der Waals surface area contributed by atoms with Crippen LogP contribution in [0.3, 0.4) is 0 Å². The lowest BCUT2D eigenvalue weighted by Gasteiger charge is -2.18. The van der Waals surface area contributed by atoms with E-state index in [4.69, 9.17) is 4.74 Å². The Labute approximate surface area is 207 Å². The number of pyridine rings is 1. The summed E-state index contributed by atoms with van der Waals surface area (Å²) in [5.74, 6) is -0.895. The van der Waals surface area contributed by atoms with Gasteiger partial charge in [0.2, 0.25) is 0 Å². The Morgan fingerprint density at radius 1 is 0.944 bits per heavy atom. The van der Waals surface area contributed by atoms with Gasteiger partial charge >= 0.3 is 5.97 Å². The molecule has 3 N–H and O–H groups in total. The summed E-state index contributed by atoms with van der Waals surface area (Å²) in [4.78, 5) is 34.2. The number of phenols is 1. The lowest BCUT2D eigenvalue weighted by atomic mass is 10.1. The maximum Gasteiger partial charge on any atom is 0.329 e. The fourth-order valence-electron chi connectivity index (χ4n) is 4.24. The number of nitrogens with one attached hydrogen (secondary N) is 2. The average Bonchev–Trinajstić information content (AvgIpc) is 3.28. The Balaban J connectivity index is 1.41. The van der Waals surface area contributed by atoms with E-state index >= 15 is 0 Å². The Morgan fingerprint density at radius 3 is 2.44 bits per heavy atom. The lowest BCUT2D eigenvalue weighted by Crippen LogP contribution is -2.43. The van der Waals surface area contributed by atoms with E-state index in [1.165, 1.54) is 0 Å². The number of nitrogens with zero attached hydrogens (tertiary/aromatic N) is 1. The number of esters is 1. The van der Waals surface area contributed by atoms with E-state index in [0.717, 1.165) is 32.9 Å². The summed E-state index contributed by atoms with van der Waals surface area (Å²) in [7, 11) is 0. The summed E-state index contributed by atoms with van der Waals surface area (Å²) in [6, 6.07) is 24.5. The number of aromatic nitrogens is 2. The molecule has 1 amide bonds. The first kappa shape index (κ1) is 23.1. The maximum atomic E-state index is 13.3. The minimum Gasteiger partial charge on any atom is -0.508 e. The van der Waals surface area contributed by atoms with Crippen molar-refractivity contribution in [1.29, 1.82) is 0 Å². The number of carbonyl (C=O) groups is 2. The Kier molecular flexibility index (Phi) is 6.36. The standard InChI is InChI=1S/C29H25N3O4/c1-18-27-23(22-9-5-6-10-24(22)31-27)16-25(30-18)28(34)32-26(15-19-11-13-21(33)14-12-19)29(35)36-17-20-7-3-2-4-8-20/h2-14,16,26,31,33H,15,17H2,1H3,(H,32,34)/t26-/m0/s1. The van der Waals surface area contributed by atoms with E-state index in [1.807, 2.05) is 61.5 Å². The van der Waals surface area contributed by atoms with Gasteiger partial charge in [-0.25, -0.2) is 9.78 Å². The molecule has 0 saturated heterocycles. The van der Waals surface area contributed by atoms with Crippen molar-refractivity contribution in [2.75, 3.05) is 0 Å². The molecule has 0 radical (unpaired) electrons. The van der Waals surface area contributed by atoms with Gasteiger partial charge in [-0.15, -0.1) is 0 Å². The van der Waals surface area contributed by atoms with Gasteiger partial charge in [-0.2, -0.15) is 0 Å². The number of hydrogen-bond donors (Lipinski definition) is 3. The second-order valence-electron chi connectivity index (χ2n) is 8.68. The third kappa shape index (κ3) is 4.90. The van der Waals surface area contributed by atoms with Crippen LogP contribution in [0.1, 0.15) is 27.3 Å². The van der Waals surface area contributed by atoms with Crippen molar-refractivity contribution in [3.63, 3.8) is 0 Å². The Morgan fingerprint density at radius 2 is 1.67 bits per heavy atom. The molecular weight excluding hydrogens is 454 g/mol. The lowest BCUT2D eigenvalue weighted by molar-refractivity contribution is -0.147. The van der Waals surface area contributed by atoms with Crippen LogP contribution < -0.4 is 5.32 Å². The van der Waals surface area contributed by atoms with Gasteiger partial charge in [-0.05, 0) is 42.3 Å². The van der Waals surface area contributed by atoms with Crippen LogP contribution in [0.4, 0.5) is 0 Å². The minimum absolute atomic E-state index is 0.0975. The third-order valence-electron chi connectivity index (χ3n) is 6.10. The van der Waals surface area contributed by atoms with Crippen molar-refractivity contribution in [1.82, 2.24) is 15.3 Å². The van der Waals surface area contributed by atoms with E-state index in [2.05, 4.69) is 15.3 Å². The van der Waals surface area contributed by atoms with Crippen molar-refractivity contribution < 1.29 is 19.4 Å². The number of hydrogen-bond acceptors (Lipinski definition) is 5. The number of aryl methyl sites for hydroxylation is 1. The first-order valence-electron chi connectivity index (χ1n) is 11.7. The zero-order valence-corrected chi connectivity index (χ0v) is 19.7. The first-order valence-corrected chi connectivity index (χ1v) is 11.7.